The molecule has 0 bridgehead atoms. The molecular formula is C89H87ClF6N18O3. The predicted molar refractivity (Wildman–Crippen MR) is 441 cm³/mol. The minimum Gasteiger partial charge on any atom is -0.383 e. The van der Waals surface area contributed by atoms with E-state index in [1.54, 1.807) is 37.3 Å². The number of rotatable bonds is 12. The number of aryl methyl sites for hydroxylation is 6. The molecule has 0 amide bonds. The lowest BCUT2D eigenvalue weighted by Gasteiger charge is -2.29. The molecule has 6 aromatic carbocycles. The highest BCUT2D eigenvalue weighted by Crippen LogP contribution is 2.37. The Bertz CT molecular complexity index is 6010. The maximum Gasteiger partial charge on any atom is 0.416 e. The molecule has 12 aromatic rings. The molecule has 0 atom stereocenters. The number of halogens is 7. The van der Waals surface area contributed by atoms with Gasteiger partial charge in [0.2, 0.25) is 0 Å². The molecule has 0 spiro atoms. The highest BCUT2D eigenvalue weighted by molar-refractivity contribution is 6.31. The Kier molecular flexibility index (Phi) is 24.8. The average molecular weight is 1610 g/mol. The van der Waals surface area contributed by atoms with Crippen LogP contribution in [-0.4, -0.2) is 152 Å². The van der Waals surface area contributed by atoms with E-state index in [-0.39, 0.29) is 59.9 Å². The summed E-state index contributed by atoms with van der Waals surface area (Å²) in [4.78, 5) is 71.5. The number of hydrogen-bond acceptors (Lipinski definition) is 18. The number of nitrogens with two attached hydrogens (primary N) is 3. The van der Waals surface area contributed by atoms with Gasteiger partial charge in [-0.15, -0.1) is 0 Å². The summed E-state index contributed by atoms with van der Waals surface area (Å²) in [6.45, 7) is 16.5. The van der Waals surface area contributed by atoms with Gasteiger partial charge in [-0.2, -0.15) is 41.6 Å². The van der Waals surface area contributed by atoms with Crippen LogP contribution >= 0.6 is 11.6 Å². The summed E-state index contributed by atoms with van der Waals surface area (Å²) >= 11 is 6.15. The van der Waals surface area contributed by atoms with E-state index in [2.05, 4.69) is 101 Å². The van der Waals surface area contributed by atoms with Crippen LogP contribution in [-0.2, 0) is 31.6 Å². The zero-order valence-corrected chi connectivity index (χ0v) is 67.0. The summed E-state index contributed by atoms with van der Waals surface area (Å²) < 4.78 is 85.6. The van der Waals surface area contributed by atoms with Crippen LogP contribution in [0.15, 0.2) is 128 Å². The summed E-state index contributed by atoms with van der Waals surface area (Å²) in [5.74, 6) is 19.3. The monoisotopic (exact) mass is 1600 g/mol. The molecular weight excluding hydrogens is 1520 g/mol. The number of aromatic nitrogens is 12. The number of nitrogen functional groups attached to an aromatic ring is 3. The topological polar surface area (TPSA) is 270 Å². The number of nitrogens with zero attached hydrogens (tertiary/aromatic N) is 15. The van der Waals surface area contributed by atoms with E-state index in [0.717, 1.165) is 135 Å². The first-order valence-electron chi connectivity index (χ1n) is 38.4. The van der Waals surface area contributed by atoms with Gasteiger partial charge in [0.25, 0.3) is 0 Å². The van der Waals surface area contributed by atoms with Crippen LogP contribution < -0.4 is 17.2 Å². The molecule has 9 heterocycles. The number of carbonyl (C=O) groups excluding carboxylic acids is 3. The van der Waals surface area contributed by atoms with Gasteiger partial charge in [0.05, 0.1) is 45.4 Å². The van der Waals surface area contributed by atoms with Crippen molar-refractivity contribution in [3.8, 4) is 35.5 Å². The van der Waals surface area contributed by atoms with Crippen molar-refractivity contribution in [2.75, 3.05) is 77.6 Å². The van der Waals surface area contributed by atoms with Gasteiger partial charge < -0.3 is 31.9 Å². The molecule has 3 saturated heterocycles. The maximum atomic E-state index is 13.3. The van der Waals surface area contributed by atoms with Gasteiger partial charge in [0.15, 0.2) is 34.3 Å². The highest BCUT2D eigenvalue weighted by atomic mass is 35.5. The average Bonchev–Trinajstić information content (AvgIpc) is 1.64. The molecule has 6 aromatic heterocycles. The quantitative estimate of drug-likeness (QED) is 0.0582. The first kappa shape index (κ1) is 82.8. The number of likely N-dealkylation sites (tertiary alicyclic amines) is 3. The molecule has 600 valence electrons. The summed E-state index contributed by atoms with van der Waals surface area (Å²) in [7, 11) is 6.33. The molecule has 0 unspecified atom stereocenters. The van der Waals surface area contributed by atoms with E-state index in [9.17, 15) is 40.7 Å². The molecule has 28 heteroatoms. The molecule has 21 nitrogen and oxygen atoms in total. The van der Waals surface area contributed by atoms with E-state index < -0.39 is 35.0 Å². The SMILES string of the molecule is Cc1cc(C(=O)Cc2ccc(C)c(C#Cc3nn(C4CCN(C)CC4)c4ncnc(N)c34)c2)cc(C(F)(F)F)c1.Cc1cc(Cl)cc(C(=O)Cc2ccc(C)c(C#Cc3nn(C4CCN(C)CC4)c4ncnc(N)c34)c2)c1.Cc1ccc(CC(=O)c2ccc(C)c(C(F)(F)F)c2)cc1C#Cc1nn(C2CCN(C)CC2)c2ncnc(N)c12. The fourth-order valence-electron chi connectivity index (χ4n) is 14.8. The summed E-state index contributed by atoms with van der Waals surface area (Å²) in [6, 6.07) is 29.9. The lowest BCUT2D eigenvalue weighted by molar-refractivity contribution is -0.138. The molecule has 3 fully saturated rings. The highest BCUT2D eigenvalue weighted by Gasteiger charge is 2.35. The molecule has 0 saturated carbocycles. The third-order valence-electron chi connectivity index (χ3n) is 21.6. The van der Waals surface area contributed by atoms with Crippen molar-refractivity contribution in [1.29, 1.82) is 0 Å². The zero-order chi connectivity index (χ0) is 83.3. The Labute approximate surface area is 678 Å². The molecule has 3 aliphatic rings. The smallest absolute Gasteiger partial charge is 0.383 e. The molecule has 6 N–H and O–H groups in total. The van der Waals surface area contributed by atoms with Crippen molar-refractivity contribution in [2.45, 2.75) is 130 Å². The minimum atomic E-state index is -4.52. The van der Waals surface area contributed by atoms with Gasteiger partial charge in [0, 0.05) is 57.7 Å². The van der Waals surface area contributed by atoms with Crippen LogP contribution in [0, 0.1) is 77.1 Å². The molecule has 117 heavy (non-hydrogen) atoms. The van der Waals surface area contributed by atoms with E-state index in [0.29, 0.717) is 100 Å². The number of fused-ring (bicyclic) bond motifs is 3. The number of carbonyl (C=O) groups is 3. The van der Waals surface area contributed by atoms with Crippen LogP contribution in [0.3, 0.4) is 0 Å². The van der Waals surface area contributed by atoms with Crippen molar-refractivity contribution in [3.05, 3.63) is 245 Å². The number of benzene rings is 6. The number of piperidine rings is 3. The second-order valence-electron chi connectivity index (χ2n) is 30.5. The van der Waals surface area contributed by atoms with Crippen LogP contribution in [0.2, 0.25) is 5.02 Å². The Morgan fingerprint density at radius 1 is 0.402 bits per heavy atom. The number of alkyl halides is 6. The Morgan fingerprint density at radius 2 is 0.735 bits per heavy atom. The normalized spacial score (nSPS) is 14.7. The van der Waals surface area contributed by atoms with Crippen molar-refractivity contribution in [2.24, 2.45) is 0 Å². The fourth-order valence-corrected chi connectivity index (χ4v) is 15.1. The van der Waals surface area contributed by atoms with Crippen LogP contribution in [0.4, 0.5) is 43.8 Å². The third-order valence-corrected chi connectivity index (χ3v) is 21.8. The van der Waals surface area contributed by atoms with Crippen LogP contribution in [0.1, 0.15) is 183 Å². The molecule has 0 aliphatic carbocycles. The molecule has 15 rings (SSSR count). The van der Waals surface area contributed by atoms with Crippen molar-refractivity contribution in [1.82, 2.24) is 73.9 Å². The van der Waals surface area contributed by atoms with E-state index >= 15 is 0 Å². The zero-order valence-electron chi connectivity index (χ0n) is 66.3. The molecule has 0 radical (unpaired) electrons. The van der Waals surface area contributed by atoms with E-state index in [4.69, 9.17) is 44.1 Å². The minimum absolute atomic E-state index is 0.0150. The van der Waals surface area contributed by atoms with Gasteiger partial charge in [-0.25, -0.2) is 43.9 Å². The first-order valence-corrected chi connectivity index (χ1v) is 38.8. The fraction of sp³-hybridized carbons (Fsp3) is 0.326. The second kappa shape index (κ2) is 35.1. The van der Waals surface area contributed by atoms with Crippen molar-refractivity contribution >= 4 is 79.5 Å². The van der Waals surface area contributed by atoms with Gasteiger partial charge in [-0.1, -0.05) is 77.9 Å². The Morgan fingerprint density at radius 3 is 1.08 bits per heavy atom. The lowest BCUT2D eigenvalue weighted by Crippen LogP contribution is -2.32. The van der Waals surface area contributed by atoms with Crippen molar-refractivity contribution in [3.63, 3.8) is 0 Å². The first-order chi connectivity index (χ1) is 55.8. The standard InChI is InChI=1S/2C30H29F3N6O.C29H29ClN6O/c1-18-4-6-20(15-26(40)22-7-5-19(2)24(16-22)30(31,32)33)14-21(18)8-9-25-27-28(34)35-17-36-29(27)39(37-25)23-10-12-38(3)13-11-23;1-18-12-22(16-23(13-18)30(31,32)33)26(40)15-20-5-4-19(2)21(14-20)6-7-25-27-28(34)35-17-36-29(27)39(37-25)24-8-10-38(3)11-9-24;1-18-12-22(16-23(30)13-18)26(37)15-20-5-4-19(2)21(14-20)6-7-25-27-28(31)32-17-33-29(27)36(34-25)24-8-10-35(3)11-9-24/h4-7,14,16-17,23H,10-13,15H2,1-3H3,(H2,34,35,36);4-5,12-14,16-17,24H,8-11,15H2,1-3H3,(H2,34,35,36);4-5,12-14,16-17,24H,8-11,15H2,1-3H3,(H2,31,32,33). The lowest BCUT2D eigenvalue weighted by atomic mass is 9.96. The van der Waals surface area contributed by atoms with Gasteiger partial charge in [-0.05, 0) is 269 Å². The van der Waals surface area contributed by atoms with Gasteiger partial charge >= 0.3 is 12.4 Å². The summed E-state index contributed by atoms with van der Waals surface area (Å²) in [6.07, 6.45) is 1.18. The summed E-state index contributed by atoms with van der Waals surface area (Å²) in [5.41, 5.74) is 29.9. The van der Waals surface area contributed by atoms with E-state index in [1.165, 1.54) is 44.1 Å². The third kappa shape index (κ3) is 19.5. The van der Waals surface area contributed by atoms with Crippen molar-refractivity contribution < 1.29 is 40.7 Å². The number of hydrogen-bond donors (Lipinski definition) is 3. The van der Waals surface area contributed by atoms with Gasteiger partial charge in [-0.3, -0.25) is 14.4 Å². The van der Waals surface area contributed by atoms with Crippen LogP contribution in [0.5, 0.6) is 0 Å². The predicted octanol–water partition coefficient (Wildman–Crippen LogP) is 15.0. The Hall–Kier alpha value is -12.2. The maximum absolute atomic E-state index is 13.3. The largest absolute Gasteiger partial charge is 0.416 e. The van der Waals surface area contributed by atoms with Gasteiger partial charge in [0.1, 0.15) is 53.5 Å². The molecule has 3 aliphatic heterocycles. The van der Waals surface area contributed by atoms with E-state index in [1.807, 2.05) is 84.2 Å². The Balaban J connectivity index is 0.000000153. The second-order valence-corrected chi connectivity index (χ2v) is 30.9. The number of anilines is 3. The summed E-state index contributed by atoms with van der Waals surface area (Å²) in [5, 5.41) is 16.9. The van der Waals surface area contributed by atoms with Crippen LogP contribution in [0.25, 0.3) is 33.1 Å². The number of ketones is 3. The number of Topliss-reactive ketones (excluding diaryl/α,β-unsaturated/α-hetero) is 3.